The van der Waals surface area contributed by atoms with E-state index < -0.39 is 39.0 Å². The Morgan fingerprint density at radius 2 is 2.19 bits per heavy atom. The van der Waals surface area contributed by atoms with Gasteiger partial charge in [0.1, 0.15) is 6.61 Å². The van der Waals surface area contributed by atoms with Crippen LogP contribution in [0, 0.1) is 0 Å². The van der Waals surface area contributed by atoms with Gasteiger partial charge in [-0.3, -0.25) is 9.09 Å². The highest BCUT2D eigenvalue weighted by atomic mass is 31.2. The molecule has 6 nitrogen and oxygen atoms in total. The van der Waals surface area contributed by atoms with Crippen molar-refractivity contribution in [2.24, 2.45) is 0 Å². The van der Waals surface area contributed by atoms with E-state index in [9.17, 15) is 22.5 Å². The van der Waals surface area contributed by atoms with Gasteiger partial charge in [-0.1, -0.05) is 0 Å². The second kappa shape index (κ2) is 4.60. The largest absolute Gasteiger partial charge is 0.509 e. The summed E-state index contributed by atoms with van der Waals surface area (Å²) in [7, 11) is -3.28. The average molecular weight is 264 g/mol. The van der Waals surface area contributed by atoms with Crippen LogP contribution in [0.1, 0.15) is 0 Å². The Morgan fingerprint density at radius 1 is 1.56 bits per heavy atom. The van der Waals surface area contributed by atoms with Gasteiger partial charge in [-0.05, 0) is 0 Å². The molecule has 0 bridgehead atoms. The first-order valence-electron chi connectivity index (χ1n) is 3.97. The van der Waals surface area contributed by atoms with E-state index in [1.807, 2.05) is 0 Å². The zero-order valence-electron chi connectivity index (χ0n) is 8.02. The average Bonchev–Trinajstić information content (AvgIpc) is 2.61. The molecule has 1 heterocycles. The molecule has 0 aromatic carbocycles. The normalized spacial score (nSPS) is 24.8. The van der Waals surface area contributed by atoms with Gasteiger partial charge in [0.15, 0.2) is 6.61 Å². The summed E-state index contributed by atoms with van der Waals surface area (Å²) in [4.78, 5) is 10.5. The van der Waals surface area contributed by atoms with Gasteiger partial charge in [-0.2, -0.15) is 13.2 Å². The van der Waals surface area contributed by atoms with E-state index in [-0.39, 0.29) is 0 Å². The summed E-state index contributed by atoms with van der Waals surface area (Å²) in [6, 6.07) is 0. The first-order chi connectivity index (χ1) is 7.27. The standard InChI is InChI=1S/C6H8F3O6P/c1-12-16(11,14-3-6(7,8)9)4-2-13-5(10)15-4/h4H,2-3H2,1H3. The molecule has 0 radical (unpaired) electrons. The monoisotopic (exact) mass is 264 g/mol. The molecule has 1 aliphatic rings. The first kappa shape index (κ1) is 13.3. The van der Waals surface area contributed by atoms with Crippen LogP contribution in [0.2, 0.25) is 0 Å². The number of ether oxygens (including phenoxy) is 2. The second-order valence-electron chi connectivity index (χ2n) is 2.74. The van der Waals surface area contributed by atoms with Crippen molar-refractivity contribution >= 4 is 13.8 Å². The third kappa shape index (κ3) is 3.36. The molecule has 1 saturated heterocycles. The molecule has 2 atom stereocenters. The number of hydrogen-bond donors (Lipinski definition) is 0. The molecule has 10 heteroatoms. The van der Waals surface area contributed by atoms with Crippen molar-refractivity contribution in [3.63, 3.8) is 0 Å². The molecule has 0 aliphatic carbocycles. The van der Waals surface area contributed by atoms with Gasteiger partial charge in [-0.25, -0.2) is 4.79 Å². The van der Waals surface area contributed by atoms with Gasteiger partial charge in [0.05, 0.1) is 0 Å². The Bertz CT molecular complexity index is 316. The summed E-state index contributed by atoms with van der Waals surface area (Å²) >= 11 is 0. The predicted molar refractivity (Wildman–Crippen MR) is 42.8 cm³/mol. The maximum absolute atomic E-state index is 11.8. The highest BCUT2D eigenvalue weighted by Crippen LogP contribution is 2.54. The summed E-state index contributed by atoms with van der Waals surface area (Å²) in [5, 5.41) is 0. The van der Waals surface area contributed by atoms with Crippen molar-refractivity contribution < 1.29 is 41.1 Å². The van der Waals surface area contributed by atoms with Crippen molar-refractivity contribution in [3.8, 4) is 0 Å². The van der Waals surface area contributed by atoms with Crippen molar-refractivity contribution in [2.75, 3.05) is 20.3 Å². The van der Waals surface area contributed by atoms with Crippen molar-refractivity contribution in [1.82, 2.24) is 0 Å². The van der Waals surface area contributed by atoms with E-state index in [1.54, 1.807) is 0 Å². The fourth-order valence-electron chi connectivity index (χ4n) is 0.891. The summed E-state index contributed by atoms with van der Waals surface area (Å²) in [6.07, 6.45) is -5.78. The second-order valence-corrected chi connectivity index (χ2v) is 5.02. The number of halogens is 3. The maximum atomic E-state index is 11.8. The minimum absolute atomic E-state index is 0.470. The molecule has 0 spiro atoms. The lowest BCUT2D eigenvalue weighted by atomic mass is 10.7. The lowest BCUT2D eigenvalue weighted by Gasteiger charge is -2.19. The Balaban J connectivity index is 2.63. The fourth-order valence-corrected chi connectivity index (χ4v) is 2.20. The first-order valence-corrected chi connectivity index (χ1v) is 5.58. The molecule has 0 amide bonds. The van der Waals surface area contributed by atoms with E-state index in [4.69, 9.17) is 0 Å². The molecule has 0 N–H and O–H groups in total. The van der Waals surface area contributed by atoms with E-state index in [1.165, 1.54) is 0 Å². The number of alkyl halides is 3. The van der Waals surface area contributed by atoms with Crippen molar-refractivity contribution in [3.05, 3.63) is 0 Å². The van der Waals surface area contributed by atoms with Gasteiger partial charge >= 0.3 is 19.9 Å². The minimum Gasteiger partial charge on any atom is -0.430 e. The molecule has 2 unspecified atom stereocenters. The summed E-state index contributed by atoms with van der Waals surface area (Å²) in [5.41, 5.74) is 0. The van der Waals surface area contributed by atoms with Gasteiger partial charge in [0.25, 0.3) is 0 Å². The lowest BCUT2D eigenvalue weighted by molar-refractivity contribution is -0.155. The lowest BCUT2D eigenvalue weighted by Crippen LogP contribution is -2.21. The van der Waals surface area contributed by atoms with Crippen LogP contribution in [0.25, 0.3) is 0 Å². The molecular weight excluding hydrogens is 256 g/mol. The summed E-state index contributed by atoms with van der Waals surface area (Å²) in [6.45, 7) is -2.23. The maximum Gasteiger partial charge on any atom is 0.509 e. The number of cyclic esters (lactones) is 2. The topological polar surface area (TPSA) is 71.1 Å². The molecule has 1 aliphatic heterocycles. The summed E-state index contributed by atoms with van der Waals surface area (Å²) in [5.74, 6) is -1.47. The SMILES string of the molecule is COP(=O)(OCC(F)(F)F)C1COC(=O)O1. The van der Waals surface area contributed by atoms with Crippen LogP contribution in [-0.4, -0.2) is 38.5 Å². The third-order valence-corrected chi connectivity index (χ3v) is 3.55. The summed E-state index contributed by atoms with van der Waals surface area (Å²) < 4.78 is 64.3. The quantitative estimate of drug-likeness (QED) is 0.570. The zero-order valence-corrected chi connectivity index (χ0v) is 8.92. The van der Waals surface area contributed by atoms with Gasteiger partial charge in [0.2, 0.25) is 5.85 Å². The van der Waals surface area contributed by atoms with E-state index in [0.29, 0.717) is 0 Å². The molecule has 1 fully saturated rings. The van der Waals surface area contributed by atoms with Crippen LogP contribution < -0.4 is 0 Å². The molecule has 0 saturated carbocycles. The molecule has 94 valence electrons. The van der Waals surface area contributed by atoms with Gasteiger partial charge < -0.3 is 14.0 Å². The predicted octanol–water partition coefficient (Wildman–Crippen LogP) is 1.90. The molecule has 0 aromatic rings. The zero-order chi connectivity index (χ0) is 12.4. The minimum atomic E-state index is -4.66. The van der Waals surface area contributed by atoms with Crippen molar-refractivity contribution in [1.29, 1.82) is 0 Å². The Hall–Kier alpha value is -0.790. The van der Waals surface area contributed by atoms with E-state index in [0.717, 1.165) is 7.11 Å². The van der Waals surface area contributed by atoms with E-state index in [2.05, 4.69) is 18.5 Å². The number of hydrogen-bond acceptors (Lipinski definition) is 6. The van der Waals surface area contributed by atoms with Crippen LogP contribution >= 0.6 is 7.60 Å². The van der Waals surface area contributed by atoms with Crippen LogP contribution in [0.3, 0.4) is 0 Å². The fraction of sp³-hybridized carbons (Fsp3) is 0.833. The highest BCUT2D eigenvalue weighted by Gasteiger charge is 2.46. The Labute approximate surface area is 88.1 Å². The molecular formula is C6H8F3O6P. The van der Waals surface area contributed by atoms with E-state index >= 15 is 0 Å². The number of carbonyl (C=O) groups is 1. The van der Waals surface area contributed by atoms with Crippen LogP contribution in [0.15, 0.2) is 0 Å². The van der Waals surface area contributed by atoms with Crippen LogP contribution in [0.4, 0.5) is 18.0 Å². The number of rotatable bonds is 4. The van der Waals surface area contributed by atoms with Gasteiger partial charge in [-0.15, -0.1) is 0 Å². The van der Waals surface area contributed by atoms with Crippen LogP contribution in [0.5, 0.6) is 0 Å². The molecule has 16 heavy (non-hydrogen) atoms. The third-order valence-electron chi connectivity index (χ3n) is 1.59. The smallest absolute Gasteiger partial charge is 0.430 e. The van der Waals surface area contributed by atoms with Gasteiger partial charge in [0, 0.05) is 7.11 Å². The molecule has 0 aromatic heterocycles. The Kier molecular flexibility index (Phi) is 3.82. The van der Waals surface area contributed by atoms with Crippen molar-refractivity contribution in [2.45, 2.75) is 12.0 Å². The Morgan fingerprint density at radius 3 is 2.56 bits per heavy atom. The number of carbonyl (C=O) groups excluding carboxylic acids is 1. The molecule has 1 rings (SSSR count). The van der Waals surface area contributed by atoms with Crippen LogP contribution in [-0.2, 0) is 23.1 Å². The highest BCUT2D eigenvalue weighted by molar-refractivity contribution is 7.54.